The van der Waals surface area contributed by atoms with Gasteiger partial charge >= 0.3 is 0 Å². The molecular weight excluding hydrogens is 382 g/mol. The van der Waals surface area contributed by atoms with Crippen molar-refractivity contribution < 1.29 is 9.53 Å². The maximum absolute atomic E-state index is 12.3. The molecule has 1 aromatic heterocycles. The normalized spacial score (nSPS) is 10.4. The molecule has 0 aliphatic heterocycles. The van der Waals surface area contributed by atoms with Crippen molar-refractivity contribution in [3.63, 3.8) is 0 Å². The van der Waals surface area contributed by atoms with Gasteiger partial charge in [0.25, 0.3) is 5.91 Å². The van der Waals surface area contributed by atoms with Gasteiger partial charge in [-0.1, -0.05) is 42.5 Å². The predicted octanol–water partition coefficient (Wildman–Crippen LogP) is 5.81. The molecule has 0 fully saturated rings. The number of nitrogens with one attached hydrogen (secondary N) is 2. The van der Waals surface area contributed by atoms with Gasteiger partial charge in [0.2, 0.25) is 0 Å². The second kappa shape index (κ2) is 8.58. The van der Waals surface area contributed by atoms with Crippen LogP contribution in [0.4, 0.5) is 16.5 Å². The third-order valence-electron chi connectivity index (χ3n) is 4.33. The highest BCUT2D eigenvalue weighted by Crippen LogP contribution is 2.31. The average Bonchev–Trinajstić information content (AvgIpc) is 3.24. The lowest BCUT2D eigenvalue weighted by Crippen LogP contribution is -2.11. The van der Waals surface area contributed by atoms with Crippen LogP contribution in [-0.2, 0) is 0 Å². The van der Waals surface area contributed by atoms with Crippen LogP contribution in [0.25, 0.3) is 11.3 Å². The van der Waals surface area contributed by atoms with E-state index < -0.39 is 0 Å². The van der Waals surface area contributed by atoms with E-state index in [2.05, 4.69) is 15.6 Å². The molecule has 4 rings (SSSR count). The molecule has 0 unspecified atom stereocenters. The maximum atomic E-state index is 12.3. The Morgan fingerprint density at radius 3 is 2.41 bits per heavy atom. The zero-order valence-corrected chi connectivity index (χ0v) is 16.6. The fourth-order valence-corrected chi connectivity index (χ4v) is 3.58. The highest BCUT2D eigenvalue weighted by molar-refractivity contribution is 7.14. The number of nitrogens with zero attached hydrogens (tertiary/aromatic N) is 1. The number of hydrogen-bond donors (Lipinski definition) is 2. The first kappa shape index (κ1) is 18.7. The molecule has 2 N–H and O–H groups in total. The molecule has 0 spiro atoms. The van der Waals surface area contributed by atoms with Crippen molar-refractivity contribution in [1.29, 1.82) is 0 Å². The summed E-state index contributed by atoms with van der Waals surface area (Å²) < 4.78 is 5.37. The van der Waals surface area contributed by atoms with E-state index in [1.165, 1.54) is 11.3 Å². The summed E-state index contributed by atoms with van der Waals surface area (Å²) in [6.45, 7) is 0. The highest BCUT2D eigenvalue weighted by atomic mass is 32.1. The van der Waals surface area contributed by atoms with E-state index in [1.54, 1.807) is 19.2 Å². The number of rotatable bonds is 6. The number of para-hydroxylation sites is 2. The molecule has 0 saturated heterocycles. The Kier molecular flexibility index (Phi) is 5.54. The molecule has 6 heteroatoms. The Hall–Kier alpha value is -3.64. The quantitative estimate of drug-likeness (QED) is 0.428. The molecule has 3 aromatic carbocycles. The van der Waals surface area contributed by atoms with E-state index in [0.29, 0.717) is 5.56 Å². The molecule has 0 atom stereocenters. The molecular formula is C23H19N3O2S. The van der Waals surface area contributed by atoms with Crippen molar-refractivity contribution in [1.82, 2.24) is 4.98 Å². The molecule has 0 saturated carbocycles. The topological polar surface area (TPSA) is 63.2 Å². The van der Waals surface area contributed by atoms with E-state index in [-0.39, 0.29) is 5.91 Å². The van der Waals surface area contributed by atoms with E-state index in [0.717, 1.165) is 33.5 Å². The summed E-state index contributed by atoms with van der Waals surface area (Å²) in [6, 6.07) is 24.5. The minimum Gasteiger partial charge on any atom is -0.495 e. The number of aromatic nitrogens is 1. The summed E-state index contributed by atoms with van der Waals surface area (Å²) in [5.74, 6) is 0.637. The lowest BCUT2D eigenvalue weighted by molar-refractivity contribution is 0.102. The monoisotopic (exact) mass is 401 g/mol. The molecule has 5 nitrogen and oxygen atoms in total. The third-order valence-corrected chi connectivity index (χ3v) is 5.08. The number of anilines is 3. The number of hydrogen-bond acceptors (Lipinski definition) is 5. The van der Waals surface area contributed by atoms with Gasteiger partial charge in [-0.25, -0.2) is 4.98 Å². The van der Waals surface area contributed by atoms with Crippen LogP contribution in [0.3, 0.4) is 0 Å². The number of amides is 1. The van der Waals surface area contributed by atoms with Gasteiger partial charge in [0.1, 0.15) is 5.75 Å². The second-order valence-electron chi connectivity index (χ2n) is 6.26. The Morgan fingerprint density at radius 1 is 0.931 bits per heavy atom. The highest BCUT2D eigenvalue weighted by Gasteiger charge is 2.09. The number of carbonyl (C=O) groups excluding carboxylic acids is 1. The van der Waals surface area contributed by atoms with Gasteiger partial charge in [0.05, 0.1) is 18.5 Å². The summed E-state index contributed by atoms with van der Waals surface area (Å²) >= 11 is 1.52. The first-order chi connectivity index (χ1) is 14.2. The van der Waals surface area contributed by atoms with Crippen molar-refractivity contribution in [2.24, 2.45) is 0 Å². The molecule has 0 bridgehead atoms. The summed E-state index contributed by atoms with van der Waals surface area (Å²) in [4.78, 5) is 16.9. The Labute approximate surface area is 173 Å². The fraction of sp³-hybridized carbons (Fsp3) is 0.0435. The van der Waals surface area contributed by atoms with Gasteiger partial charge < -0.3 is 15.4 Å². The summed E-state index contributed by atoms with van der Waals surface area (Å²) in [7, 11) is 1.64. The van der Waals surface area contributed by atoms with E-state index >= 15 is 0 Å². The predicted molar refractivity (Wildman–Crippen MR) is 118 cm³/mol. The largest absolute Gasteiger partial charge is 0.495 e. The van der Waals surface area contributed by atoms with Gasteiger partial charge in [0, 0.05) is 22.2 Å². The number of carbonyl (C=O) groups is 1. The van der Waals surface area contributed by atoms with Gasteiger partial charge in [-0.2, -0.15) is 0 Å². The van der Waals surface area contributed by atoms with E-state index in [4.69, 9.17) is 4.74 Å². The lowest BCUT2D eigenvalue weighted by Gasteiger charge is -2.08. The van der Waals surface area contributed by atoms with Gasteiger partial charge in [0.15, 0.2) is 5.13 Å². The first-order valence-electron chi connectivity index (χ1n) is 9.05. The number of benzene rings is 3. The molecule has 1 amide bonds. The smallest absolute Gasteiger partial charge is 0.255 e. The van der Waals surface area contributed by atoms with Crippen LogP contribution in [0, 0.1) is 0 Å². The summed E-state index contributed by atoms with van der Waals surface area (Å²) in [6.07, 6.45) is 0. The Bertz CT molecular complexity index is 1110. The maximum Gasteiger partial charge on any atom is 0.255 e. The minimum absolute atomic E-state index is 0.129. The zero-order valence-electron chi connectivity index (χ0n) is 15.8. The van der Waals surface area contributed by atoms with Crippen LogP contribution in [0.1, 0.15) is 10.4 Å². The zero-order chi connectivity index (χ0) is 20.1. The number of methoxy groups -OCH3 is 1. The molecule has 4 aromatic rings. The van der Waals surface area contributed by atoms with Crippen molar-refractivity contribution >= 4 is 33.8 Å². The van der Waals surface area contributed by atoms with Crippen LogP contribution in [0.5, 0.6) is 5.75 Å². The van der Waals surface area contributed by atoms with Crippen LogP contribution >= 0.6 is 11.3 Å². The van der Waals surface area contributed by atoms with Gasteiger partial charge in [-0.3, -0.25) is 4.79 Å². The first-order valence-corrected chi connectivity index (χ1v) is 9.93. The molecule has 29 heavy (non-hydrogen) atoms. The second-order valence-corrected chi connectivity index (χ2v) is 7.12. The summed E-state index contributed by atoms with van der Waals surface area (Å²) in [5.41, 5.74) is 4.09. The van der Waals surface area contributed by atoms with Crippen molar-refractivity contribution in [3.05, 3.63) is 89.8 Å². The van der Waals surface area contributed by atoms with Crippen LogP contribution < -0.4 is 15.4 Å². The molecule has 0 aliphatic carbocycles. The molecule has 0 aliphatic rings. The SMILES string of the molecule is COc1ccccc1Nc1nc(-c2ccc(NC(=O)c3ccccc3)cc2)cs1. The van der Waals surface area contributed by atoms with E-state index in [1.807, 2.05) is 72.1 Å². The van der Waals surface area contributed by atoms with Crippen LogP contribution in [0.2, 0.25) is 0 Å². The van der Waals surface area contributed by atoms with Crippen LogP contribution in [-0.4, -0.2) is 18.0 Å². The standard InChI is InChI=1S/C23H19N3O2S/c1-28-21-10-6-5-9-19(21)25-23-26-20(15-29-23)16-11-13-18(14-12-16)24-22(27)17-7-3-2-4-8-17/h2-15H,1H3,(H,24,27)(H,25,26). The molecule has 1 heterocycles. The summed E-state index contributed by atoms with van der Waals surface area (Å²) in [5, 5.41) is 8.98. The lowest BCUT2D eigenvalue weighted by atomic mass is 10.1. The van der Waals surface area contributed by atoms with Crippen molar-refractivity contribution in [2.75, 3.05) is 17.7 Å². The number of ether oxygens (including phenoxy) is 1. The molecule has 0 radical (unpaired) electrons. The fourth-order valence-electron chi connectivity index (χ4n) is 2.84. The minimum atomic E-state index is -0.129. The average molecular weight is 401 g/mol. The Morgan fingerprint density at radius 2 is 1.66 bits per heavy atom. The Balaban J connectivity index is 1.45. The number of thiazole rings is 1. The van der Waals surface area contributed by atoms with Crippen LogP contribution in [0.15, 0.2) is 84.2 Å². The van der Waals surface area contributed by atoms with E-state index in [9.17, 15) is 4.79 Å². The van der Waals surface area contributed by atoms with Gasteiger partial charge in [-0.15, -0.1) is 11.3 Å². The van der Waals surface area contributed by atoms with Gasteiger partial charge in [-0.05, 0) is 36.4 Å². The van der Waals surface area contributed by atoms with Crippen molar-refractivity contribution in [3.8, 4) is 17.0 Å². The third kappa shape index (κ3) is 4.44. The van der Waals surface area contributed by atoms with Crippen molar-refractivity contribution in [2.45, 2.75) is 0 Å². The molecule has 144 valence electrons.